The molecule has 0 amide bonds. The molecule has 0 radical (unpaired) electrons. The third kappa shape index (κ3) is 4.40. The third-order valence-electron chi connectivity index (χ3n) is 5.55. The minimum absolute atomic E-state index is 0.288. The van der Waals surface area contributed by atoms with E-state index in [9.17, 15) is 0 Å². The summed E-state index contributed by atoms with van der Waals surface area (Å²) in [6.07, 6.45) is 5.33. The van der Waals surface area contributed by atoms with Gasteiger partial charge in [0.25, 0.3) is 0 Å². The number of epoxide rings is 2. The molecule has 2 heterocycles. The Morgan fingerprint density at radius 1 is 0.643 bits per heavy atom. The van der Waals surface area contributed by atoms with Gasteiger partial charge < -0.3 is 18.9 Å². The fourth-order valence-electron chi connectivity index (χ4n) is 3.75. The molecule has 2 aliphatic heterocycles. The lowest BCUT2D eigenvalue weighted by Crippen LogP contribution is -2.04. The molecular weight excluding hydrogens is 352 g/mol. The Morgan fingerprint density at radius 3 is 1.39 bits per heavy atom. The van der Waals surface area contributed by atoms with Crippen LogP contribution in [0.2, 0.25) is 0 Å². The molecule has 2 fully saturated rings. The Morgan fingerprint density at radius 2 is 1.04 bits per heavy atom. The molecule has 2 aromatic carbocycles. The van der Waals surface area contributed by atoms with Crippen molar-refractivity contribution < 1.29 is 18.9 Å². The predicted molar refractivity (Wildman–Crippen MR) is 109 cm³/mol. The average molecular weight is 378 g/mol. The summed E-state index contributed by atoms with van der Waals surface area (Å²) in [7, 11) is 0. The monoisotopic (exact) mass is 378 g/mol. The van der Waals surface area contributed by atoms with Crippen LogP contribution in [0.3, 0.4) is 0 Å². The SMILES string of the molecule is c1cc(C2=C(c3ccc(OCC4CO4)cc3)CCCC2)ccc1OCC1CO1. The van der Waals surface area contributed by atoms with Gasteiger partial charge in [0.1, 0.15) is 36.9 Å². The van der Waals surface area contributed by atoms with Crippen LogP contribution >= 0.6 is 0 Å². The van der Waals surface area contributed by atoms with Crippen molar-refractivity contribution in [1.29, 1.82) is 0 Å². The molecule has 3 aliphatic rings. The van der Waals surface area contributed by atoms with E-state index in [1.807, 2.05) is 0 Å². The van der Waals surface area contributed by atoms with E-state index in [4.69, 9.17) is 18.9 Å². The zero-order valence-corrected chi connectivity index (χ0v) is 16.1. The quantitative estimate of drug-likeness (QED) is 0.623. The molecular formula is C24H26O4. The Balaban J connectivity index is 1.33. The van der Waals surface area contributed by atoms with Crippen LogP contribution in [0, 0.1) is 0 Å². The summed E-state index contributed by atoms with van der Waals surface area (Å²) in [6.45, 7) is 2.95. The summed E-state index contributed by atoms with van der Waals surface area (Å²) in [5, 5.41) is 0. The third-order valence-corrected chi connectivity index (χ3v) is 5.55. The van der Waals surface area contributed by atoms with Crippen molar-refractivity contribution >= 4 is 11.1 Å². The van der Waals surface area contributed by atoms with E-state index in [-0.39, 0.29) is 12.2 Å². The summed E-state index contributed by atoms with van der Waals surface area (Å²) >= 11 is 0. The number of rotatable bonds is 8. The predicted octanol–water partition coefficient (Wildman–Crippen LogP) is 4.73. The van der Waals surface area contributed by atoms with Crippen LogP contribution in [0.15, 0.2) is 48.5 Å². The van der Waals surface area contributed by atoms with Crippen LogP contribution in [-0.4, -0.2) is 38.6 Å². The number of hydrogen-bond acceptors (Lipinski definition) is 4. The minimum atomic E-state index is 0.288. The van der Waals surface area contributed by atoms with Crippen LogP contribution in [-0.2, 0) is 9.47 Å². The lowest BCUT2D eigenvalue weighted by Gasteiger charge is -2.21. The Kier molecular flexibility index (Phi) is 5.06. The summed E-state index contributed by atoms with van der Waals surface area (Å²) in [4.78, 5) is 0. The van der Waals surface area contributed by atoms with E-state index in [1.54, 1.807) is 0 Å². The van der Waals surface area contributed by atoms with Crippen molar-refractivity contribution in [3.63, 3.8) is 0 Å². The smallest absolute Gasteiger partial charge is 0.119 e. The van der Waals surface area contributed by atoms with Gasteiger partial charge >= 0.3 is 0 Å². The van der Waals surface area contributed by atoms with Crippen LogP contribution < -0.4 is 9.47 Å². The van der Waals surface area contributed by atoms with E-state index >= 15 is 0 Å². The Hall–Kier alpha value is -2.30. The molecule has 28 heavy (non-hydrogen) atoms. The molecule has 2 unspecified atom stereocenters. The first-order valence-electron chi connectivity index (χ1n) is 10.3. The van der Waals surface area contributed by atoms with Crippen LogP contribution in [0.4, 0.5) is 0 Å². The van der Waals surface area contributed by atoms with Gasteiger partial charge in [-0.25, -0.2) is 0 Å². The van der Waals surface area contributed by atoms with E-state index in [0.29, 0.717) is 13.2 Å². The number of ether oxygens (including phenoxy) is 4. The van der Waals surface area contributed by atoms with Gasteiger partial charge in [-0.3, -0.25) is 0 Å². The summed E-state index contributed by atoms with van der Waals surface area (Å²) in [6, 6.07) is 17.1. The van der Waals surface area contributed by atoms with Crippen molar-refractivity contribution in [1.82, 2.24) is 0 Å². The maximum atomic E-state index is 5.78. The van der Waals surface area contributed by atoms with Crippen LogP contribution in [0.5, 0.6) is 11.5 Å². The molecule has 2 atom stereocenters. The zero-order chi connectivity index (χ0) is 18.8. The molecule has 2 aromatic rings. The van der Waals surface area contributed by atoms with Crippen LogP contribution in [0.25, 0.3) is 11.1 Å². The standard InChI is InChI=1S/C24H26O4/c1-2-4-24(18-7-11-20(12-8-18)26-14-22-16-28-22)23(3-1)17-5-9-19(10-6-17)25-13-21-15-27-21/h5-12,21-22H,1-4,13-16H2. The van der Waals surface area contributed by atoms with Gasteiger partial charge in [0.2, 0.25) is 0 Å². The van der Waals surface area contributed by atoms with Gasteiger partial charge in [-0.05, 0) is 72.2 Å². The lowest BCUT2D eigenvalue weighted by atomic mass is 9.84. The first-order valence-corrected chi connectivity index (χ1v) is 10.3. The molecule has 1 aliphatic carbocycles. The molecule has 0 N–H and O–H groups in total. The van der Waals surface area contributed by atoms with E-state index in [2.05, 4.69) is 48.5 Å². The number of benzene rings is 2. The van der Waals surface area contributed by atoms with Gasteiger partial charge in [-0.2, -0.15) is 0 Å². The van der Waals surface area contributed by atoms with Crippen molar-refractivity contribution in [3.05, 3.63) is 59.7 Å². The highest BCUT2D eigenvalue weighted by Gasteiger charge is 2.24. The van der Waals surface area contributed by atoms with Gasteiger partial charge in [-0.15, -0.1) is 0 Å². The van der Waals surface area contributed by atoms with Gasteiger partial charge in [-0.1, -0.05) is 24.3 Å². The normalized spacial score (nSPS) is 23.4. The molecule has 0 saturated carbocycles. The van der Waals surface area contributed by atoms with E-state index < -0.39 is 0 Å². The van der Waals surface area contributed by atoms with Crippen molar-refractivity contribution in [2.75, 3.05) is 26.4 Å². The first-order chi connectivity index (χ1) is 13.8. The van der Waals surface area contributed by atoms with Gasteiger partial charge in [0.15, 0.2) is 0 Å². The molecule has 146 valence electrons. The molecule has 4 nitrogen and oxygen atoms in total. The highest BCUT2D eigenvalue weighted by atomic mass is 16.6. The summed E-state index contributed by atoms with van der Waals surface area (Å²) in [5.41, 5.74) is 5.53. The topological polar surface area (TPSA) is 43.5 Å². The minimum Gasteiger partial charge on any atom is -0.491 e. The Bertz CT molecular complexity index is 758. The van der Waals surface area contributed by atoms with Crippen molar-refractivity contribution in [2.24, 2.45) is 0 Å². The maximum Gasteiger partial charge on any atom is 0.119 e. The maximum absolute atomic E-state index is 5.78. The average Bonchev–Trinajstić information content (AvgIpc) is 3.67. The highest BCUT2D eigenvalue weighted by molar-refractivity contribution is 5.91. The van der Waals surface area contributed by atoms with E-state index in [0.717, 1.165) is 37.6 Å². The van der Waals surface area contributed by atoms with Crippen molar-refractivity contribution in [2.45, 2.75) is 37.9 Å². The van der Waals surface area contributed by atoms with Gasteiger partial charge in [0, 0.05) is 0 Å². The lowest BCUT2D eigenvalue weighted by molar-refractivity contribution is 0.263. The highest BCUT2D eigenvalue weighted by Crippen LogP contribution is 2.39. The zero-order valence-electron chi connectivity index (χ0n) is 16.1. The Labute approximate surface area is 166 Å². The second kappa shape index (κ2) is 7.98. The first kappa shape index (κ1) is 17.8. The fraction of sp³-hybridized carbons (Fsp3) is 0.417. The largest absolute Gasteiger partial charge is 0.491 e. The second-order valence-electron chi connectivity index (χ2n) is 7.75. The molecule has 0 aromatic heterocycles. The van der Waals surface area contributed by atoms with E-state index in [1.165, 1.54) is 35.1 Å². The second-order valence-corrected chi connectivity index (χ2v) is 7.75. The number of allylic oxidation sites excluding steroid dienone is 2. The summed E-state index contributed by atoms with van der Waals surface area (Å²) in [5.74, 6) is 1.83. The van der Waals surface area contributed by atoms with Crippen molar-refractivity contribution in [3.8, 4) is 11.5 Å². The molecule has 2 saturated heterocycles. The number of hydrogen-bond donors (Lipinski definition) is 0. The summed E-state index contributed by atoms with van der Waals surface area (Å²) < 4.78 is 22.0. The molecule has 4 heteroatoms. The fourth-order valence-corrected chi connectivity index (χ4v) is 3.75. The molecule has 0 spiro atoms. The van der Waals surface area contributed by atoms with Gasteiger partial charge in [0.05, 0.1) is 13.2 Å². The van der Waals surface area contributed by atoms with Crippen LogP contribution in [0.1, 0.15) is 36.8 Å². The molecule has 0 bridgehead atoms. The molecule has 5 rings (SSSR count).